The summed E-state index contributed by atoms with van der Waals surface area (Å²) in [6, 6.07) is 0. The van der Waals surface area contributed by atoms with E-state index in [4.69, 9.17) is 6.48 Å². The maximum Gasteiger partial charge on any atom is 0.303 e. The van der Waals surface area contributed by atoms with Gasteiger partial charge in [-0.1, -0.05) is 13.3 Å². The van der Waals surface area contributed by atoms with Crippen molar-refractivity contribution in [1.82, 2.24) is 0 Å². The summed E-state index contributed by atoms with van der Waals surface area (Å²) < 4.78 is 6.83. The molecule has 0 rings (SSSR count). The topological polar surface area (TPSA) is 37.3 Å². The molecular weight excluding hydrogens is 92.1 g/mol. The molecule has 0 bridgehead atoms. The van der Waals surface area contributed by atoms with Crippen LogP contribution in [0.15, 0.2) is 0 Å². The Morgan fingerprint density at radius 3 is 2.71 bits per heavy atom. The lowest BCUT2D eigenvalue weighted by Gasteiger charge is -1.85. The SMILES string of the molecule is [2H]C(CCC)C(=O)O. The van der Waals surface area contributed by atoms with Crippen molar-refractivity contribution >= 4 is 5.97 Å². The third-order valence-corrected chi connectivity index (χ3v) is 0.608. The first-order valence-electron chi connectivity index (χ1n) is 2.91. The molecule has 0 aliphatic rings. The maximum atomic E-state index is 9.90. The molecule has 0 spiro atoms. The Kier molecular flexibility index (Phi) is 2.41. The Labute approximate surface area is 44.6 Å². The van der Waals surface area contributed by atoms with Crippen LogP contribution in [0.2, 0.25) is 0 Å². The van der Waals surface area contributed by atoms with Gasteiger partial charge in [0.25, 0.3) is 0 Å². The number of carboxylic acids is 1. The monoisotopic (exact) mass is 103 g/mol. The van der Waals surface area contributed by atoms with Gasteiger partial charge in [0.1, 0.15) is 0 Å². The average molecular weight is 103 g/mol. The number of aliphatic carboxylic acids is 1. The molecule has 0 aliphatic heterocycles. The Bertz CT molecular complexity index is 82.5. The predicted octanol–water partition coefficient (Wildman–Crippen LogP) is 1.26. The summed E-state index contributed by atoms with van der Waals surface area (Å²) in [6.45, 7) is 1.87. The fraction of sp³-hybridized carbons (Fsp3) is 0.800. The summed E-state index contributed by atoms with van der Waals surface area (Å²) in [5.41, 5.74) is 0. The van der Waals surface area contributed by atoms with Crippen molar-refractivity contribution in [3.05, 3.63) is 0 Å². The second kappa shape index (κ2) is 3.65. The Morgan fingerprint density at radius 2 is 2.57 bits per heavy atom. The summed E-state index contributed by atoms with van der Waals surface area (Å²) in [5, 5.41) is 8.13. The van der Waals surface area contributed by atoms with Gasteiger partial charge in [0, 0.05) is 7.77 Å². The molecule has 0 aromatic carbocycles. The normalized spacial score (nSPS) is 15.3. The van der Waals surface area contributed by atoms with E-state index in [9.17, 15) is 4.79 Å². The Morgan fingerprint density at radius 1 is 2.00 bits per heavy atom. The number of carboxylic acid groups (broad SMARTS) is 1. The first-order chi connectivity index (χ1) is 3.68. The lowest BCUT2D eigenvalue weighted by Crippen LogP contribution is -1.91. The zero-order valence-corrected chi connectivity index (χ0v) is 4.35. The molecule has 42 valence electrons. The summed E-state index contributed by atoms with van der Waals surface area (Å²) in [7, 11) is 0. The van der Waals surface area contributed by atoms with Crippen LogP contribution in [-0.4, -0.2) is 11.1 Å². The predicted molar refractivity (Wildman–Crippen MR) is 27.2 cm³/mol. The van der Waals surface area contributed by atoms with Gasteiger partial charge in [-0.25, -0.2) is 0 Å². The quantitative estimate of drug-likeness (QED) is 0.583. The van der Waals surface area contributed by atoms with Crippen LogP contribution in [0.1, 0.15) is 27.5 Å². The van der Waals surface area contributed by atoms with Crippen molar-refractivity contribution in [2.45, 2.75) is 26.2 Å². The first-order valence-corrected chi connectivity index (χ1v) is 2.33. The van der Waals surface area contributed by atoms with Gasteiger partial charge < -0.3 is 5.11 Å². The van der Waals surface area contributed by atoms with Gasteiger partial charge in [-0.05, 0) is 6.42 Å². The van der Waals surface area contributed by atoms with Crippen LogP contribution >= 0.6 is 0 Å². The van der Waals surface area contributed by atoms with Gasteiger partial charge in [-0.3, -0.25) is 4.79 Å². The third kappa shape index (κ3) is 5.47. The molecule has 0 saturated heterocycles. The molecule has 1 atom stereocenters. The van der Waals surface area contributed by atoms with Crippen molar-refractivity contribution in [2.75, 3.05) is 0 Å². The molecule has 2 heteroatoms. The average Bonchev–Trinajstić information content (AvgIpc) is 1.67. The fourth-order valence-corrected chi connectivity index (χ4v) is 0.268. The standard InChI is InChI=1S/C5H10O2/c1-2-3-4-5(6)7/h2-4H2,1H3,(H,6,7)/i4D. The van der Waals surface area contributed by atoms with Crippen LogP contribution < -0.4 is 0 Å². The van der Waals surface area contributed by atoms with Crippen molar-refractivity contribution in [3.8, 4) is 0 Å². The largest absolute Gasteiger partial charge is 0.481 e. The summed E-state index contributed by atoms with van der Waals surface area (Å²) >= 11 is 0. The molecule has 1 unspecified atom stereocenters. The first kappa shape index (κ1) is 4.62. The van der Waals surface area contributed by atoms with E-state index in [1.807, 2.05) is 6.92 Å². The molecule has 0 saturated carbocycles. The van der Waals surface area contributed by atoms with Gasteiger partial charge >= 0.3 is 5.97 Å². The van der Waals surface area contributed by atoms with Crippen molar-refractivity contribution < 1.29 is 11.3 Å². The van der Waals surface area contributed by atoms with Crippen LogP contribution in [0.4, 0.5) is 0 Å². The molecule has 0 aliphatic carbocycles. The molecule has 0 heterocycles. The molecule has 0 radical (unpaired) electrons. The minimum absolute atomic E-state index is 0.454. The van der Waals surface area contributed by atoms with E-state index in [2.05, 4.69) is 0 Å². The zero-order valence-electron chi connectivity index (χ0n) is 5.35. The lowest BCUT2D eigenvalue weighted by molar-refractivity contribution is -0.137. The molecule has 0 fully saturated rings. The molecule has 0 aromatic heterocycles. The molecule has 1 N–H and O–H groups in total. The van der Waals surface area contributed by atoms with E-state index in [-0.39, 0.29) is 0 Å². The lowest BCUT2D eigenvalue weighted by atomic mass is 10.3. The minimum atomic E-state index is -1.02. The van der Waals surface area contributed by atoms with Crippen LogP contribution in [0.5, 0.6) is 0 Å². The molecule has 7 heavy (non-hydrogen) atoms. The van der Waals surface area contributed by atoms with E-state index in [0.717, 1.165) is 6.42 Å². The van der Waals surface area contributed by atoms with E-state index in [1.165, 1.54) is 0 Å². The molecular formula is C5H10O2. The van der Waals surface area contributed by atoms with Gasteiger partial charge in [-0.2, -0.15) is 0 Å². The minimum Gasteiger partial charge on any atom is -0.481 e. The fourth-order valence-electron chi connectivity index (χ4n) is 0.268. The van der Waals surface area contributed by atoms with Crippen molar-refractivity contribution in [2.24, 2.45) is 0 Å². The van der Waals surface area contributed by atoms with E-state index in [1.54, 1.807) is 0 Å². The number of rotatable bonds is 3. The van der Waals surface area contributed by atoms with Crippen molar-refractivity contribution in [3.63, 3.8) is 0 Å². The second-order valence-corrected chi connectivity index (χ2v) is 1.33. The van der Waals surface area contributed by atoms with Crippen LogP contribution in [0.25, 0.3) is 0 Å². The summed E-state index contributed by atoms with van der Waals surface area (Å²) in [6.07, 6.45) is 0.301. The van der Waals surface area contributed by atoms with E-state index >= 15 is 0 Å². The highest BCUT2D eigenvalue weighted by Gasteiger charge is 1.90. The molecule has 0 aromatic rings. The molecule has 2 nitrogen and oxygen atoms in total. The van der Waals surface area contributed by atoms with Gasteiger partial charge in [0.2, 0.25) is 0 Å². The van der Waals surface area contributed by atoms with Crippen LogP contribution in [-0.2, 0) is 4.79 Å². The smallest absolute Gasteiger partial charge is 0.303 e. The number of carbonyl (C=O) groups is 1. The zero-order chi connectivity index (χ0) is 6.57. The molecule has 0 amide bonds. The van der Waals surface area contributed by atoms with Gasteiger partial charge in [0.15, 0.2) is 0 Å². The highest BCUT2D eigenvalue weighted by atomic mass is 16.4. The van der Waals surface area contributed by atoms with Crippen LogP contribution in [0, 0.1) is 0 Å². The Balaban J connectivity index is 3.32. The van der Waals surface area contributed by atoms with Crippen molar-refractivity contribution in [1.29, 1.82) is 0 Å². The van der Waals surface area contributed by atoms with Crippen LogP contribution in [0.3, 0.4) is 0 Å². The van der Waals surface area contributed by atoms with Gasteiger partial charge in [0.05, 0.1) is 0 Å². The summed E-state index contributed by atoms with van der Waals surface area (Å²) in [5.74, 6) is -1.02. The van der Waals surface area contributed by atoms with E-state index in [0.29, 0.717) is 6.42 Å². The third-order valence-electron chi connectivity index (χ3n) is 0.608. The highest BCUT2D eigenvalue weighted by molar-refractivity contribution is 5.66. The second-order valence-electron chi connectivity index (χ2n) is 1.33. The van der Waals surface area contributed by atoms with E-state index < -0.39 is 12.4 Å². The highest BCUT2D eigenvalue weighted by Crippen LogP contribution is 1.91. The summed E-state index contributed by atoms with van der Waals surface area (Å²) in [4.78, 5) is 9.90. The Hall–Kier alpha value is -0.530. The van der Waals surface area contributed by atoms with Gasteiger partial charge in [-0.15, -0.1) is 0 Å². The maximum absolute atomic E-state index is 9.90. The number of hydrogen-bond acceptors (Lipinski definition) is 1. The number of hydrogen-bond donors (Lipinski definition) is 1.